The fourth-order valence-electron chi connectivity index (χ4n) is 3.80. The van der Waals surface area contributed by atoms with E-state index in [4.69, 9.17) is 16.3 Å². The van der Waals surface area contributed by atoms with Crippen LogP contribution in [-0.2, 0) is 28.0 Å². The molecule has 0 aliphatic carbocycles. The first-order valence-corrected chi connectivity index (χ1v) is 14.0. The summed E-state index contributed by atoms with van der Waals surface area (Å²) in [7, 11) is -3.99. The number of carbonyl (C=O) groups is 1. The van der Waals surface area contributed by atoms with E-state index in [2.05, 4.69) is 10.5 Å². The van der Waals surface area contributed by atoms with E-state index in [1.54, 1.807) is 6.07 Å². The number of amides is 1. The zero-order chi connectivity index (χ0) is 27.7. The minimum absolute atomic E-state index is 0.0184. The average molecular weight is 562 g/mol. The highest BCUT2D eigenvalue weighted by Gasteiger charge is 2.27. The van der Waals surface area contributed by atoms with Crippen molar-refractivity contribution in [3.63, 3.8) is 0 Å². The number of rotatable bonds is 11. The number of aryl methyl sites for hydroxylation is 1. The van der Waals surface area contributed by atoms with Crippen molar-refractivity contribution in [2.75, 3.05) is 6.54 Å². The number of sulfonamides is 1. The minimum Gasteiger partial charge on any atom is -0.489 e. The lowest BCUT2D eigenvalue weighted by Crippen LogP contribution is -2.39. The molecule has 0 radical (unpaired) electrons. The SMILES string of the molecule is Cc1cccc(CN(CC(=O)N/N=C\c2cccc(OCc3ccccc3)c2)S(=O)(=O)c2ccc(Cl)cc2)c1. The molecule has 0 spiro atoms. The molecule has 0 unspecified atom stereocenters. The predicted molar refractivity (Wildman–Crippen MR) is 153 cm³/mol. The van der Waals surface area contributed by atoms with Gasteiger partial charge in [0.05, 0.1) is 17.7 Å². The van der Waals surface area contributed by atoms with Crippen molar-refractivity contribution in [2.24, 2.45) is 5.10 Å². The molecule has 4 rings (SSSR count). The highest BCUT2D eigenvalue weighted by atomic mass is 35.5. The second-order valence-electron chi connectivity index (χ2n) is 8.86. The first kappa shape index (κ1) is 28.0. The van der Waals surface area contributed by atoms with Gasteiger partial charge in [-0.25, -0.2) is 13.8 Å². The van der Waals surface area contributed by atoms with E-state index in [0.717, 1.165) is 21.0 Å². The van der Waals surface area contributed by atoms with Gasteiger partial charge in [0.25, 0.3) is 5.91 Å². The van der Waals surface area contributed by atoms with E-state index >= 15 is 0 Å². The molecule has 9 heteroatoms. The van der Waals surface area contributed by atoms with Crippen LogP contribution in [-0.4, -0.2) is 31.4 Å². The summed E-state index contributed by atoms with van der Waals surface area (Å²) in [5.41, 5.74) is 5.94. The number of hydrogen-bond donors (Lipinski definition) is 1. The van der Waals surface area contributed by atoms with Gasteiger partial charge in [-0.1, -0.05) is 83.9 Å². The second kappa shape index (κ2) is 13.2. The molecule has 0 saturated heterocycles. The van der Waals surface area contributed by atoms with Crippen molar-refractivity contribution < 1.29 is 17.9 Å². The smallest absolute Gasteiger partial charge is 0.255 e. The van der Waals surface area contributed by atoms with Crippen LogP contribution < -0.4 is 10.2 Å². The number of ether oxygens (including phenoxy) is 1. The molecule has 0 aliphatic heterocycles. The lowest BCUT2D eigenvalue weighted by molar-refractivity contribution is -0.121. The number of nitrogens with one attached hydrogen (secondary N) is 1. The van der Waals surface area contributed by atoms with Gasteiger partial charge in [-0.05, 0) is 60.0 Å². The van der Waals surface area contributed by atoms with Gasteiger partial charge in [-0.2, -0.15) is 9.41 Å². The van der Waals surface area contributed by atoms with Crippen LogP contribution in [0.3, 0.4) is 0 Å². The molecular formula is C30H28ClN3O4S. The zero-order valence-corrected chi connectivity index (χ0v) is 22.9. The highest BCUT2D eigenvalue weighted by Crippen LogP contribution is 2.21. The number of nitrogens with zero attached hydrogens (tertiary/aromatic N) is 2. The van der Waals surface area contributed by atoms with Crippen LogP contribution in [0.25, 0.3) is 0 Å². The zero-order valence-electron chi connectivity index (χ0n) is 21.3. The fourth-order valence-corrected chi connectivity index (χ4v) is 5.31. The Labute approximate surface area is 233 Å². The number of hydrogen-bond acceptors (Lipinski definition) is 5. The van der Waals surface area contributed by atoms with E-state index in [1.165, 1.54) is 30.5 Å². The van der Waals surface area contributed by atoms with Crippen LogP contribution in [0.5, 0.6) is 5.75 Å². The van der Waals surface area contributed by atoms with Crippen molar-refractivity contribution in [3.05, 3.63) is 130 Å². The summed E-state index contributed by atoms with van der Waals surface area (Å²) in [6.45, 7) is 1.95. The Morgan fingerprint density at radius 1 is 0.923 bits per heavy atom. The molecule has 1 N–H and O–H groups in total. The van der Waals surface area contributed by atoms with E-state index in [0.29, 0.717) is 22.9 Å². The topological polar surface area (TPSA) is 88.1 Å². The summed E-state index contributed by atoms with van der Waals surface area (Å²) in [5.74, 6) is 0.0837. The molecule has 0 aliphatic rings. The van der Waals surface area contributed by atoms with Crippen LogP contribution >= 0.6 is 11.6 Å². The Kier molecular flexibility index (Phi) is 9.49. The van der Waals surface area contributed by atoms with Crippen LogP contribution in [0.15, 0.2) is 113 Å². The van der Waals surface area contributed by atoms with Crippen LogP contribution in [0.4, 0.5) is 0 Å². The Morgan fingerprint density at radius 2 is 1.64 bits per heavy atom. The number of halogens is 1. The molecule has 1 amide bonds. The molecule has 0 fully saturated rings. The van der Waals surface area contributed by atoms with Crippen LogP contribution in [0, 0.1) is 6.92 Å². The van der Waals surface area contributed by atoms with Crippen LogP contribution in [0.1, 0.15) is 22.3 Å². The van der Waals surface area contributed by atoms with Crippen molar-refractivity contribution in [1.29, 1.82) is 0 Å². The van der Waals surface area contributed by atoms with E-state index in [-0.39, 0.29) is 11.4 Å². The molecule has 0 aromatic heterocycles. The van der Waals surface area contributed by atoms with Gasteiger partial charge in [0.15, 0.2) is 0 Å². The average Bonchev–Trinajstić information content (AvgIpc) is 2.93. The quantitative estimate of drug-likeness (QED) is 0.192. The van der Waals surface area contributed by atoms with Gasteiger partial charge in [-0.3, -0.25) is 4.79 Å². The highest BCUT2D eigenvalue weighted by molar-refractivity contribution is 7.89. The van der Waals surface area contributed by atoms with E-state index in [9.17, 15) is 13.2 Å². The molecule has 4 aromatic carbocycles. The Hall–Kier alpha value is -3.98. The molecule has 0 saturated carbocycles. The summed E-state index contributed by atoms with van der Waals surface area (Å²) in [6.07, 6.45) is 1.48. The van der Waals surface area contributed by atoms with E-state index < -0.39 is 22.5 Å². The summed E-state index contributed by atoms with van der Waals surface area (Å²) < 4.78 is 33.8. The fraction of sp³-hybridized carbons (Fsp3) is 0.133. The third-order valence-electron chi connectivity index (χ3n) is 5.72. The monoisotopic (exact) mass is 561 g/mol. The summed E-state index contributed by atoms with van der Waals surface area (Å²) in [4.78, 5) is 12.8. The standard InChI is InChI=1S/C30H28ClN3O4S/c1-23-7-5-11-26(17-23)20-34(39(36,37)29-15-13-27(31)14-16-29)21-30(35)33-32-19-25-10-6-12-28(18-25)38-22-24-8-3-2-4-9-24/h2-19H,20-22H2,1H3,(H,33,35)/b32-19-. The Balaban J connectivity index is 1.43. The van der Waals surface area contributed by atoms with Crippen molar-refractivity contribution >= 4 is 33.7 Å². The van der Waals surface area contributed by atoms with Gasteiger partial charge in [0.1, 0.15) is 12.4 Å². The second-order valence-corrected chi connectivity index (χ2v) is 11.2. The Morgan fingerprint density at radius 3 is 2.38 bits per heavy atom. The summed E-state index contributed by atoms with van der Waals surface area (Å²) in [5, 5.41) is 4.44. The Bertz CT molecular complexity index is 1540. The lowest BCUT2D eigenvalue weighted by Gasteiger charge is -2.21. The molecule has 7 nitrogen and oxygen atoms in total. The maximum absolute atomic E-state index is 13.4. The first-order valence-electron chi connectivity index (χ1n) is 12.2. The number of benzene rings is 4. The predicted octanol–water partition coefficient (Wildman–Crippen LogP) is 5.57. The maximum Gasteiger partial charge on any atom is 0.255 e. The maximum atomic E-state index is 13.4. The largest absolute Gasteiger partial charge is 0.489 e. The summed E-state index contributed by atoms with van der Waals surface area (Å²) >= 11 is 5.94. The first-order chi connectivity index (χ1) is 18.8. The molecule has 0 bridgehead atoms. The van der Waals surface area contributed by atoms with Crippen LogP contribution in [0.2, 0.25) is 5.02 Å². The van der Waals surface area contributed by atoms with E-state index in [1.807, 2.05) is 79.7 Å². The minimum atomic E-state index is -3.99. The summed E-state index contributed by atoms with van der Waals surface area (Å²) in [6, 6.07) is 30.4. The third kappa shape index (κ3) is 8.25. The molecule has 4 aromatic rings. The number of carbonyl (C=O) groups excluding carboxylic acids is 1. The van der Waals surface area contributed by atoms with Gasteiger partial charge in [-0.15, -0.1) is 0 Å². The van der Waals surface area contributed by atoms with Crippen molar-refractivity contribution in [2.45, 2.75) is 25.0 Å². The van der Waals surface area contributed by atoms with Gasteiger partial charge in [0.2, 0.25) is 10.0 Å². The molecule has 0 heterocycles. The molecular weight excluding hydrogens is 534 g/mol. The molecule has 0 atom stereocenters. The van der Waals surface area contributed by atoms with Crippen molar-refractivity contribution in [3.8, 4) is 5.75 Å². The lowest BCUT2D eigenvalue weighted by atomic mass is 10.1. The number of hydrazone groups is 1. The third-order valence-corrected chi connectivity index (χ3v) is 7.78. The van der Waals surface area contributed by atoms with Gasteiger partial charge < -0.3 is 4.74 Å². The normalized spacial score (nSPS) is 11.6. The van der Waals surface area contributed by atoms with Gasteiger partial charge >= 0.3 is 0 Å². The van der Waals surface area contributed by atoms with Gasteiger partial charge in [0, 0.05) is 11.6 Å². The van der Waals surface area contributed by atoms with Crippen molar-refractivity contribution in [1.82, 2.24) is 9.73 Å². The molecule has 39 heavy (non-hydrogen) atoms. The molecule has 200 valence electrons.